The highest BCUT2D eigenvalue weighted by molar-refractivity contribution is 6.03. The number of aromatic nitrogens is 2. The van der Waals surface area contributed by atoms with Crippen molar-refractivity contribution in [3.63, 3.8) is 0 Å². The van der Waals surface area contributed by atoms with Crippen molar-refractivity contribution in [2.75, 3.05) is 37.8 Å². The molecule has 140 valence electrons. The third-order valence-electron chi connectivity index (χ3n) is 3.46. The summed E-state index contributed by atoms with van der Waals surface area (Å²) in [6.45, 7) is 1.61. The Bertz CT molecular complexity index is 732. The van der Waals surface area contributed by atoms with Crippen LogP contribution in [-0.4, -0.2) is 48.0 Å². The van der Waals surface area contributed by atoms with Gasteiger partial charge in [-0.15, -0.1) is 0 Å². The van der Waals surface area contributed by atoms with Crippen LogP contribution < -0.4 is 10.6 Å². The molecule has 0 aliphatic heterocycles. The summed E-state index contributed by atoms with van der Waals surface area (Å²) in [4.78, 5) is 22.2. The van der Waals surface area contributed by atoms with Crippen molar-refractivity contribution in [1.29, 1.82) is 0 Å². The Hall–Kier alpha value is -2.68. The predicted octanol–water partition coefficient (Wildman–Crippen LogP) is 3.11. The topological polar surface area (TPSA) is 70.2 Å². The highest BCUT2D eigenvalue weighted by atomic mass is 19.4. The molecule has 2 aromatic rings. The molecule has 0 fully saturated rings. The van der Waals surface area contributed by atoms with Crippen LogP contribution in [0.5, 0.6) is 0 Å². The average molecular weight is 367 g/mol. The van der Waals surface area contributed by atoms with Crippen LogP contribution in [0, 0.1) is 0 Å². The normalized spacial score (nSPS) is 11.5. The molecule has 0 bridgehead atoms. The fourth-order valence-corrected chi connectivity index (χ4v) is 2.13. The van der Waals surface area contributed by atoms with Gasteiger partial charge in [-0.3, -0.25) is 4.79 Å². The van der Waals surface area contributed by atoms with Gasteiger partial charge >= 0.3 is 6.18 Å². The third-order valence-corrected chi connectivity index (χ3v) is 3.46. The van der Waals surface area contributed by atoms with Gasteiger partial charge < -0.3 is 15.5 Å². The van der Waals surface area contributed by atoms with Crippen LogP contribution in [0.15, 0.2) is 36.7 Å². The molecule has 1 heterocycles. The maximum absolute atomic E-state index is 12.5. The van der Waals surface area contributed by atoms with E-state index in [0.29, 0.717) is 12.4 Å². The molecule has 0 aliphatic carbocycles. The molecule has 0 atom stereocenters. The number of benzene rings is 1. The number of anilines is 2. The van der Waals surface area contributed by atoms with Gasteiger partial charge in [0.25, 0.3) is 5.91 Å². The molecule has 0 aliphatic rings. The molecule has 0 spiro atoms. The predicted molar refractivity (Wildman–Crippen MR) is 93.1 cm³/mol. The Kier molecular flexibility index (Phi) is 6.51. The zero-order valence-corrected chi connectivity index (χ0v) is 14.5. The Morgan fingerprint density at radius 3 is 2.46 bits per heavy atom. The van der Waals surface area contributed by atoms with Crippen LogP contribution in [0.4, 0.5) is 24.7 Å². The lowest BCUT2D eigenvalue weighted by Gasteiger charge is -2.11. The van der Waals surface area contributed by atoms with Crippen LogP contribution in [0.3, 0.4) is 0 Å². The van der Waals surface area contributed by atoms with E-state index >= 15 is 0 Å². The number of halogens is 3. The summed E-state index contributed by atoms with van der Waals surface area (Å²) < 4.78 is 37.6. The zero-order valence-electron chi connectivity index (χ0n) is 14.5. The van der Waals surface area contributed by atoms with Crippen LogP contribution >= 0.6 is 0 Å². The van der Waals surface area contributed by atoms with Gasteiger partial charge in [-0.1, -0.05) is 0 Å². The first-order valence-electron chi connectivity index (χ1n) is 7.95. The van der Waals surface area contributed by atoms with Gasteiger partial charge in [0, 0.05) is 18.3 Å². The zero-order chi connectivity index (χ0) is 19.2. The maximum atomic E-state index is 12.5. The Morgan fingerprint density at radius 1 is 1.15 bits per heavy atom. The van der Waals surface area contributed by atoms with E-state index in [9.17, 15) is 18.0 Å². The van der Waals surface area contributed by atoms with Crippen LogP contribution in [0.1, 0.15) is 22.5 Å². The molecule has 1 aromatic carbocycles. The molecule has 1 aromatic heterocycles. The highest BCUT2D eigenvalue weighted by Gasteiger charge is 2.30. The molecule has 0 saturated heterocycles. The summed E-state index contributed by atoms with van der Waals surface area (Å²) in [6, 6.07) is 5.71. The number of alkyl halides is 3. The van der Waals surface area contributed by atoms with Crippen molar-refractivity contribution in [1.82, 2.24) is 14.9 Å². The van der Waals surface area contributed by atoms with Crippen molar-refractivity contribution in [3.05, 3.63) is 47.9 Å². The lowest BCUT2D eigenvalue weighted by Crippen LogP contribution is -2.17. The molecule has 0 unspecified atom stereocenters. The summed E-state index contributed by atoms with van der Waals surface area (Å²) in [6.07, 6.45) is -2.25. The first kappa shape index (κ1) is 19.6. The number of rotatable bonds is 7. The molecule has 9 heteroatoms. The summed E-state index contributed by atoms with van der Waals surface area (Å²) in [7, 11) is 3.96. The second-order valence-corrected chi connectivity index (χ2v) is 5.90. The van der Waals surface area contributed by atoms with Crippen LogP contribution in [0.2, 0.25) is 0 Å². The quantitative estimate of drug-likeness (QED) is 0.736. The third kappa shape index (κ3) is 5.99. The average Bonchev–Trinajstić information content (AvgIpc) is 2.58. The number of nitrogens with zero attached hydrogens (tertiary/aromatic N) is 3. The summed E-state index contributed by atoms with van der Waals surface area (Å²) in [5.41, 5.74) is -0.404. The molecular formula is C17H20F3N5O. The minimum atomic E-state index is -4.41. The van der Waals surface area contributed by atoms with E-state index in [1.165, 1.54) is 24.5 Å². The first-order valence-corrected chi connectivity index (χ1v) is 7.95. The van der Waals surface area contributed by atoms with E-state index in [4.69, 9.17) is 0 Å². The van der Waals surface area contributed by atoms with Gasteiger partial charge in [-0.05, 0) is 51.3 Å². The minimum Gasteiger partial charge on any atom is -0.370 e. The van der Waals surface area contributed by atoms with Gasteiger partial charge in [0.05, 0.1) is 5.56 Å². The number of hydrogen-bond acceptors (Lipinski definition) is 5. The second kappa shape index (κ2) is 8.61. The number of amides is 1. The number of nitrogens with one attached hydrogen (secondary N) is 2. The number of carbonyl (C=O) groups is 1. The Labute approximate surface area is 149 Å². The molecule has 0 saturated carbocycles. The fourth-order valence-electron chi connectivity index (χ4n) is 2.13. The molecule has 6 nitrogen and oxygen atoms in total. The van der Waals surface area contributed by atoms with E-state index in [1.807, 2.05) is 14.1 Å². The lowest BCUT2D eigenvalue weighted by molar-refractivity contribution is -0.137. The largest absolute Gasteiger partial charge is 0.416 e. The number of carbonyl (C=O) groups excluding carboxylic acids is 1. The monoisotopic (exact) mass is 367 g/mol. The molecule has 0 radical (unpaired) electrons. The SMILES string of the molecule is CN(C)CCCNc1cc(C(=O)Nc2ccc(C(F)(F)F)cc2)ncn1. The lowest BCUT2D eigenvalue weighted by atomic mass is 10.2. The standard InChI is InChI=1S/C17H20F3N5O/c1-25(2)9-3-8-21-15-10-14(22-11-23-15)16(26)24-13-6-4-12(5-7-13)17(18,19)20/h4-7,10-11H,3,8-9H2,1-2H3,(H,24,26)(H,21,22,23). The maximum Gasteiger partial charge on any atom is 0.416 e. The summed E-state index contributed by atoms with van der Waals surface area (Å²) >= 11 is 0. The van der Waals surface area contributed by atoms with E-state index in [-0.39, 0.29) is 11.4 Å². The van der Waals surface area contributed by atoms with E-state index in [1.54, 1.807) is 0 Å². The minimum absolute atomic E-state index is 0.120. The van der Waals surface area contributed by atoms with Gasteiger partial charge in [0.2, 0.25) is 0 Å². The van der Waals surface area contributed by atoms with Crippen molar-refractivity contribution >= 4 is 17.4 Å². The second-order valence-electron chi connectivity index (χ2n) is 5.90. The van der Waals surface area contributed by atoms with E-state index in [2.05, 4.69) is 25.5 Å². The Balaban J connectivity index is 1.96. The van der Waals surface area contributed by atoms with E-state index < -0.39 is 17.6 Å². The van der Waals surface area contributed by atoms with Crippen molar-refractivity contribution < 1.29 is 18.0 Å². The molecule has 2 N–H and O–H groups in total. The van der Waals surface area contributed by atoms with E-state index in [0.717, 1.165) is 25.1 Å². The molecule has 26 heavy (non-hydrogen) atoms. The highest BCUT2D eigenvalue weighted by Crippen LogP contribution is 2.29. The molecular weight excluding hydrogens is 347 g/mol. The Morgan fingerprint density at radius 2 is 1.85 bits per heavy atom. The van der Waals surface area contributed by atoms with Gasteiger partial charge in [-0.25, -0.2) is 9.97 Å². The molecule has 2 rings (SSSR count). The van der Waals surface area contributed by atoms with Crippen molar-refractivity contribution in [2.24, 2.45) is 0 Å². The summed E-state index contributed by atoms with van der Waals surface area (Å²) in [5.74, 6) is -0.0141. The van der Waals surface area contributed by atoms with Gasteiger partial charge in [0.1, 0.15) is 17.8 Å². The smallest absolute Gasteiger partial charge is 0.370 e. The first-order chi connectivity index (χ1) is 12.3. The van der Waals surface area contributed by atoms with Crippen molar-refractivity contribution in [3.8, 4) is 0 Å². The fraction of sp³-hybridized carbons (Fsp3) is 0.353. The molecule has 1 amide bonds. The van der Waals surface area contributed by atoms with Gasteiger partial charge in [-0.2, -0.15) is 13.2 Å². The van der Waals surface area contributed by atoms with Crippen LogP contribution in [0.25, 0.3) is 0 Å². The van der Waals surface area contributed by atoms with Crippen LogP contribution in [-0.2, 0) is 6.18 Å². The summed E-state index contributed by atoms with van der Waals surface area (Å²) in [5, 5.41) is 5.62. The van der Waals surface area contributed by atoms with Gasteiger partial charge in [0.15, 0.2) is 0 Å². The number of hydrogen-bond donors (Lipinski definition) is 2. The van der Waals surface area contributed by atoms with Crippen molar-refractivity contribution in [2.45, 2.75) is 12.6 Å².